The standard InChI is InChI=1S/C15H21F2N3O/c1-10(2)21-13-5-3-12(4-6-13)20-14(18)19-9-11-7-15(16,17)8-11/h3-6,10-11H,7-9H2,1-2H3,(H3,18,19,20). The predicted octanol–water partition coefficient (Wildman–Crippen LogP) is 3.25. The van der Waals surface area contributed by atoms with E-state index in [1.165, 1.54) is 0 Å². The smallest absolute Gasteiger partial charge is 0.248 e. The van der Waals surface area contributed by atoms with E-state index >= 15 is 0 Å². The van der Waals surface area contributed by atoms with Crippen LogP contribution in [0.2, 0.25) is 0 Å². The molecule has 1 aromatic rings. The Labute approximate surface area is 123 Å². The molecule has 116 valence electrons. The van der Waals surface area contributed by atoms with Gasteiger partial charge in [-0.05, 0) is 44.0 Å². The monoisotopic (exact) mass is 297 g/mol. The molecule has 1 aliphatic rings. The molecule has 0 heterocycles. The van der Waals surface area contributed by atoms with Crippen LogP contribution in [0.3, 0.4) is 0 Å². The van der Waals surface area contributed by atoms with Gasteiger partial charge in [0.25, 0.3) is 0 Å². The van der Waals surface area contributed by atoms with Gasteiger partial charge in [0.1, 0.15) is 5.75 Å². The summed E-state index contributed by atoms with van der Waals surface area (Å²) in [6, 6.07) is 7.33. The number of guanidine groups is 1. The van der Waals surface area contributed by atoms with Crippen molar-refractivity contribution >= 4 is 11.6 Å². The number of hydrogen-bond donors (Lipinski definition) is 2. The van der Waals surface area contributed by atoms with Gasteiger partial charge in [0.15, 0.2) is 5.96 Å². The fourth-order valence-corrected chi connectivity index (χ4v) is 2.22. The summed E-state index contributed by atoms with van der Waals surface area (Å²) >= 11 is 0. The zero-order valence-electron chi connectivity index (χ0n) is 12.3. The summed E-state index contributed by atoms with van der Waals surface area (Å²) in [7, 11) is 0. The van der Waals surface area contributed by atoms with Crippen LogP contribution >= 0.6 is 0 Å². The maximum atomic E-state index is 12.7. The number of rotatable bonds is 5. The average molecular weight is 297 g/mol. The van der Waals surface area contributed by atoms with Crippen molar-refractivity contribution in [3.05, 3.63) is 24.3 Å². The van der Waals surface area contributed by atoms with E-state index in [-0.39, 0.29) is 30.8 Å². The fraction of sp³-hybridized carbons (Fsp3) is 0.533. The third kappa shape index (κ3) is 4.88. The lowest BCUT2D eigenvalue weighted by molar-refractivity contribution is -0.107. The molecule has 2 rings (SSSR count). The van der Waals surface area contributed by atoms with E-state index in [9.17, 15) is 8.78 Å². The van der Waals surface area contributed by atoms with Crippen molar-refractivity contribution in [2.45, 2.75) is 38.7 Å². The molecule has 6 heteroatoms. The van der Waals surface area contributed by atoms with E-state index in [1.54, 1.807) is 0 Å². The number of nitrogens with zero attached hydrogens (tertiary/aromatic N) is 1. The number of halogens is 2. The number of hydrogen-bond acceptors (Lipinski definition) is 2. The molecule has 4 nitrogen and oxygen atoms in total. The molecule has 1 aliphatic carbocycles. The molecule has 3 N–H and O–H groups in total. The van der Waals surface area contributed by atoms with Crippen LogP contribution in [0.4, 0.5) is 14.5 Å². The second-order valence-corrected chi connectivity index (χ2v) is 5.67. The number of benzene rings is 1. The average Bonchev–Trinajstić information content (AvgIpc) is 2.35. The molecular formula is C15H21F2N3O. The molecule has 0 spiro atoms. The first kappa shape index (κ1) is 15.5. The Morgan fingerprint density at radius 3 is 2.52 bits per heavy atom. The Morgan fingerprint density at radius 1 is 1.38 bits per heavy atom. The minimum Gasteiger partial charge on any atom is -0.491 e. The summed E-state index contributed by atoms with van der Waals surface area (Å²) in [4.78, 5) is 4.10. The van der Waals surface area contributed by atoms with Crippen LogP contribution in [0.1, 0.15) is 26.7 Å². The molecule has 21 heavy (non-hydrogen) atoms. The van der Waals surface area contributed by atoms with E-state index < -0.39 is 5.92 Å². The first-order valence-corrected chi connectivity index (χ1v) is 7.05. The van der Waals surface area contributed by atoms with E-state index in [0.29, 0.717) is 6.54 Å². The van der Waals surface area contributed by atoms with Gasteiger partial charge in [0.2, 0.25) is 5.92 Å². The largest absolute Gasteiger partial charge is 0.491 e. The third-order valence-corrected chi connectivity index (χ3v) is 3.19. The number of alkyl halides is 2. The summed E-state index contributed by atoms with van der Waals surface area (Å²) in [6.45, 7) is 4.25. The van der Waals surface area contributed by atoms with Gasteiger partial charge >= 0.3 is 0 Å². The van der Waals surface area contributed by atoms with Crippen LogP contribution in [0.15, 0.2) is 29.3 Å². The lowest BCUT2D eigenvalue weighted by atomic mass is 9.81. The predicted molar refractivity (Wildman–Crippen MR) is 80.0 cm³/mol. The van der Waals surface area contributed by atoms with Crippen molar-refractivity contribution in [3.8, 4) is 5.75 Å². The molecule has 0 aromatic heterocycles. The van der Waals surface area contributed by atoms with Gasteiger partial charge in [0, 0.05) is 25.1 Å². The van der Waals surface area contributed by atoms with Crippen LogP contribution in [-0.4, -0.2) is 24.5 Å². The van der Waals surface area contributed by atoms with Crippen LogP contribution in [0.5, 0.6) is 5.75 Å². The van der Waals surface area contributed by atoms with E-state index in [1.807, 2.05) is 38.1 Å². The third-order valence-electron chi connectivity index (χ3n) is 3.19. The van der Waals surface area contributed by atoms with Crippen molar-refractivity contribution < 1.29 is 13.5 Å². The van der Waals surface area contributed by atoms with Crippen LogP contribution in [-0.2, 0) is 0 Å². The second-order valence-electron chi connectivity index (χ2n) is 5.67. The number of nitrogens with one attached hydrogen (secondary N) is 1. The summed E-state index contributed by atoms with van der Waals surface area (Å²) in [5.74, 6) is -1.55. The first-order valence-electron chi connectivity index (χ1n) is 7.05. The first-order chi connectivity index (χ1) is 9.84. The highest BCUT2D eigenvalue weighted by molar-refractivity contribution is 5.92. The van der Waals surface area contributed by atoms with Crippen molar-refractivity contribution in [1.29, 1.82) is 0 Å². The van der Waals surface area contributed by atoms with Crippen molar-refractivity contribution in [1.82, 2.24) is 0 Å². The minimum absolute atomic E-state index is 0.0674. The fourth-order valence-electron chi connectivity index (χ4n) is 2.22. The van der Waals surface area contributed by atoms with E-state index in [2.05, 4.69) is 10.3 Å². The molecule has 1 fully saturated rings. The summed E-state index contributed by atoms with van der Waals surface area (Å²) < 4.78 is 30.9. The molecule has 0 radical (unpaired) electrons. The number of aliphatic imine (C=N–C) groups is 1. The van der Waals surface area contributed by atoms with Gasteiger partial charge in [-0.2, -0.15) is 0 Å². The van der Waals surface area contributed by atoms with Crippen molar-refractivity contribution in [2.75, 3.05) is 11.9 Å². The van der Waals surface area contributed by atoms with Crippen molar-refractivity contribution in [2.24, 2.45) is 16.6 Å². The number of anilines is 1. The normalized spacial score (nSPS) is 18.4. The Balaban J connectivity index is 1.80. The summed E-state index contributed by atoms with van der Waals surface area (Å²) in [5, 5.41) is 2.93. The molecular weight excluding hydrogens is 276 g/mol. The summed E-state index contributed by atoms with van der Waals surface area (Å²) in [6.07, 6.45) is -0.0631. The Morgan fingerprint density at radius 2 is 2.00 bits per heavy atom. The highest BCUT2D eigenvalue weighted by Crippen LogP contribution is 2.42. The van der Waals surface area contributed by atoms with Gasteiger partial charge in [-0.1, -0.05) is 0 Å². The maximum Gasteiger partial charge on any atom is 0.248 e. The minimum atomic E-state index is -2.51. The molecule has 0 bridgehead atoms. The molecule has 0 saturated heterocycles. The number of ether oxygens (including phenoxy) is 1. The second kappa shape index (κ2) is 6.28. The van der Waals surface area contributed by atoms with Gasteiger partial charge in [0.05, 0.1) is 6.10 Å². The van der Waals surface area contributed by atoms with Crippen LogP contribution in [0.25, 0.3) is 0 Å². The molecule has 0 atom stereocenters. The molecule has 1 aromatic carbocycles. The lowest BCUT2D eigenvalue weighted by Gasteiger charge is -2.33. The molecule has 0 unspecified atom stereocenters. The van der Waals surface area contributed by atoms with E-state index in [0.717, 1.165) is 11.4 Å². The quantitative estimate of drug-likeness (QED) is 0.648. The molecule has 0 aliphatic heterocycles. The zero-order valence-corrected chi connectivity index (χ0v) is 12.3. The summed E-state index contributed by atoms with van der Waals surface area (Å²) in [5.41, 5.74) is 6.52. The van der Waals surface area contributed by atoms with Gasteiger partial charge in [-0.3, -0.25) is 4.99 Å². The SMILES string of the molecule is CC(C)Oc1ccc(NC(N)=NCC2CC(F)(F)C2)cc1. The zero-order chi connectivity index (χ0) is 15.5. The van der Waals surface area contributed by atoms with E-state index in [4.69, 9.17) is 10.5 Å². The highest BCUT2D eigenvalue weighted by atomic mass is 19.3. The Kier molecular flexibility index (Phi) is 4.65. The Bertz CT molecular complexity index is 492. The number of nitrogens with two attached hydrogens (primary N) is 1. The lowest BCUT2D eigenvalue weighted by Crippen LogP contribution is -2.37. The topological polar surface area (TPSA) is 59.6 Å². The van der Waals surface area contributed by atoms with Crippen LogP contribution < -0.4 is 15.8 Å². The van der Waals surface area contributed by atoms with Crippen LogP contribution in [0, 0.1) is 5.92 Å². The molecule has 1 saturated carbocycles. The van der Waals surface area contributed by atoms with Gasteiger partial charge in [-0.25, -0.2) is 8.78 Å². The Hall–Kier alpha value is -1.85. The van der Waals surface area contributed by atoms with Crippen molar-refractivity contribution in [3.63, 3.8) is 0 Å². The highest BCUT2D eigenvalue weighted by Gasteiger charge is 2.44. The van der Waals surface area contributed by atoms with Gasteiger partial charge < -0.3 is 15.8 Å². The van der Waals surface area contributed by atoms with Gasteiger partial charge in [-0.15, -0.1) is 0 Å². The molecule has 0 amide bonds. The maximum absolute atomic E-state index is 12.7.